The summed E-state index contributed by atoms with van der Waals surface area (Å²) in [5.74, 6) is 0. The summed E-state index contributed by atoms with van der Waals surface area (Å²) >= 11 is 0. The van der Waals surface area contributed by atoms with Crippen molar-refractivity contribution in [2.45, 2.75) is 52.4 Å². The number of hydrogen-bond donors (Lipinski definition) is 6. The van der Waals surface area contributed by atoms with E-state index in [1.54, 1.807) is 0 Å². The van der Waals surface area contributed by atoms with Crippen LogP contribution in [-0.2, 0) is 85.3 Å². The van der Waals surface area contributed by atoms with E-state index in [9.17, 15) is 0 Å². The Kier molecular flexibility index (Phi) is 34.4. The summed E-state index contributed by atoms with van der Waals surface area (Å²) < 4.78 is 0. The van der Waals surface area contributed by atoms with Crippen molar-refractivity contribution in [3.05, 3.63) is 118 Å². The van der Waals surface area contributed by atoms with Gasteiger partial charge in [0, 0.05) is 66.6 Å². The van der Waals surface area contributed by atoms with Gasteiger partial charge in [0.15, 0.2) is 0 Å². The second-order valence-electron chi connectivity index (χ2n) is 8.90. The molecule has 4 aromatic heterocycles. The fourth-order valence-corrected chi connectivity index (χ4v) is 4.18. The molecule has 8 bridgehead atoms. The Bertz CT molecular complexity index is 1040. The molecule has 0 atom stereocenters. The van der Waals surface area contributed by atoms with Gasteiger partial charge < -0.3 is 81.1 Å². The first kappa shape index (κ1) is 51.3. The predicted octanol–water partition coefficient (Wildman–Crippen LogP) is -10.0. The summed E-state index contributed by atoms with van der Waals surface area (Å²) in [7, 11) is 2.00. The standard InChI is InChI=1S/2C14H16N4.2CH4O.4ClH.2Ni/c2*1-3-11-7-15-9-13-5-2-6-14(18-13)10-16-8-12(4-1)17-11;2*1-2;;;;;;/h2*1-6,15-16H,7-10H2;2*2H,1H3;4*1H;;/q;;;;;;;;2*+2/p-4. The van der Waals surface area contributed by atoms with Gasteiger partial charge in [-0.2, -0.15) is 0 Å². The van der Waals surface area contributed by atoms with Gasteiger partial charge in [0.2, 0.25) is 0 Å². The number of nitrogens with zero attached hydrogens (tertiary/aromatic N) is 4. The smallest absolute Gasteiger partial charge is 1.00 e. The van der Waals surface area contributed by atoms with Crippen LogP contribution in [0, 0.1) is 0 Å². The Morgan fingerprint density at radius 1 is 0.348 bits per heavy atom. The van der Waals surface area contributed by atoms with Crippen molar-refractivity contribution in [2.75, 3.05) is 14.2 Å². The van der Waals surface area contributed by atoms with Crippen molar-refractivity contribution in [3.63, 3.8) is 0 Å². The molecule has 0 amide bonds. The summed E-state index contributed by atoms with van der Waals surface area (Å²) in [6.07, 6.45) is 0. The van der Waals surface area contributed by atoms with Crippen molar-refractivity contribution in [1.82, 2.24) is 41.2 Å². The Balaban J connectivity index is -0.000000310. The molecule has 0 aliphatic carbocycles. The van der Waals surface area contributed by atoms with E-state index in [0.717, 1.165) is 112 Å². The van der Waals surface area contributed by atoms with E-state index in [2.05, 4.69) is 65.5 Å². The van der Waals surface area contributed by atoms with Crippen LogP contribution in [0.15, 0.2) is 72.8 Å². The molecule has 10 nitrogen and oxygen atoms in total. The maximum atomic E-state index is 7.00. The van der Waals surface area contributed by atoms with Crippen LogP contribution < -0.4 is 70.9 Å². The average Bonchev–Trinajstić information content (AvgIpc) is 3.00. The maximum absolute atomic E-state index is 7.00. The van der Waals surface area contributed by atoms with E-state index in [4.69, 9.17) is 10.2 Å². The van der Waals surface area contributed by atoms with Crippen molar-refractivity contribution < 1.29 is 92.8 Å². The minimum Gasteiger partial charge on any atom is -1.00 e. The van der Waals surface area contributed by atoms with Crippen LogP contribution in [0.2, 0.25) is 0 Å². The third kappa shape index (κ3) is 18.7. The van der Waals surface area contributed by atoms with Gasteiger partial charge in [0.25, 0.3) is 0 Å². The van der Waals surface area contributed by atoms with E-state index in [1.165, 1.54) is 0 Å². The van der Waals surface area contributed by atoms with Gasteiger partial charge in [-0.05, 0) is 48.5 Å². The van der Waals surface area contributed by atoms with Crippen molar-refractivity contribution in [2.24, 2.45) is 0 Å². The van der Waals surface area contributed by atoms with Crippen LogP contribution >= 0.6 is 0 Å². The Hall–Kier alpha value is -1.49. The minimum atomic E-state index is 0. The largest absolute Gasteiger partial charge is 2.00 e. The molecule has 46 heavy (non-hydrogen) atoms. The molecule has 0 spiro atoms. The number of aliphatic hydroxyl groups excluding tert-OH is 2. The van der Waals surface area contributed by atoms with E-state index in [1.807, 2.05) is 48.5 Å². The second kappa shape index (κ2) is 30.8. The molecule has 0 saturated heterocycles. The molecule has 6 rings (SSSR count). The number of pyridine rings is 4. The molecule has 260 valence electrons. The Labute approximate surface area is 317 Å². The van der Waals surface area contributed by atoms with Crippen LogP contribution in [0.1, 0.15) is 45.6 Å². The zero-order valence-electron chi connectivity index (χ0n) is 25.4. The average molecular weight is 804 g/mol. The van der Waals surface area contributed by atoms with Gasteiger partial charge in [-0.15, -0.1) is 0 Å². The molecule has 0 unspecified atom stereocenters. The number of rotatable bonds is 0. The fraction of sp³-hybridized carbons (Fsp3) is 0.333. The normalized spacial score (nSPS) is 12.4. The van der Waals surface area contributed by atoms with Gasteiger partial charge in [-0.1, -0.05) is 24.3 Å². The molecule has 0 saturated carbocycles. The first-order valence-corrected chi connectivity index (χ1v) is 13.3. The van der Waals surface area contributed by atoms with Gasteiger partial charge in [0.1, 0.15) is 0 Å². The Morgan fingerprint density at radius 2 is 0.478 bits per heavy atom. The van der Waals surface area contributed by atoms with Gasteiger partial charge in [-0.25, -0.2) is 0 Å². The third-order valence-corrected chi connectivity index (χ3v) is 5.91. The van der Waals surface area contributed by atoms with Crippen molar-refractivity contribution in [3.8, 4) is 0 Å². The van der Waals surface area contributed by atoms with E-state index in [-0.39, 0.29) is 82.6 Å². The third-order valence-electron chi connectivity index (χ3n) is 5.91. The molecule has 2 aliphatic rings. The zero-order valence-corrected chi connectivity index (χ0v) is 30.4. The fourth-order valence-electron chi connectivity index (χ4n) is 4.18. The van der Waals surface area contributed by atoms with E-state index >= 15 is 0 Å². The first-order valence-electron chi connectivity index (χ1n) is 13.3. The Morgan fingerprint density at radius 3 is 0.609 bits per heavy atom. The maximum Gasteiger partial charge on any atom is 2.00 e. The topological polar surface area (TPSA) is 140 Å². The molecule has 6 heterocycles. The van der Waals surface area contributed by atoms with Crippen LogP contribution in [0.25, 0.3) is 0 Å². The van der Waals surface area contributed by atoms with Crippen molar-refractivity contribution >= 4 is 0 Å². The van der Waals surface area contributed by atoms with Crippen LogP contribution in [-0.4, -0.2) is 44.4 Å². The molecule has 6 N–H and O–H groups in total. The number of hydrogen-bond acceptors (Lipinski definition) is 10. The molecule has 4 aromatic rings. The number of fused-ring (bicyclic) bond motifs is 8. The summed E-state index contributed by atoms with van der Waals surface area (Å²) in [4.78, 5) is 18.4. The number of aromatic nitrogens is 4. The summed E-state index contributed by atoms with van der Waals surface area (Å²) in [6.45, 7) is 6.22. The van der Waals surface area contributed by atoms with Crippen molar-refractivity contribution in [1.29, 1.82) is 0 Å². The SMILES string of the molecule is CO.CO.[Cl-].[Cl-].[Cl-].[Cl-].[Ni+2].[Ni+2].c1cc2nc(c1)CNCc1cccc(n1)CNC2.c1cc2nc(c1)CNCc1cccc(n1)CNC2. The summed E-state index contributed by atoms with van der Waals surface area (Å²) in [6, 6.07) is 24.6. The molecule has 16 heteroatoms. The summed E-state index contributed by atoms with van der Waals surface area (Å²) in [5.41, 5.74) is 8.60. The first-order chi connectivity index (χ1) is 19.8. The number of nitrogens with one attached hydrogen (secondary N) is 4. The van der Waals surface area contributed by atoms with Gasteiger partial charge in [0.05, 0.1) is 45.6 Å². The second-order valence-corrected chi connectivity index (χ2v) is 8.90. The quantitative estimate of drug-likeness (QED) is 0.0952. The monoisotopic (exact) mass is 800 g/mol. The predicted molar refractivity (Wildman–Crippen MR) is 155 cm³/mol. The van der Waals surface area contributed by atoms with Gasteiger partial charge >= 0.3 is 33.0 Å². The molecular formula is C30H40Cl4N8Ni2O2. The summed E-state index contributed by atoms with van der Waals surface area (Å²) in [5, 5.41) is 27.5. The number of halogens is 4. The molecule has 0 aromatic carbocycles. The zero-order chi connectivity index (χ0) is 28.4. The van der Waals surface area contributed by atoms with Crippen LogP contribution in [0.4, 0.5) is 0 Å². The van der Waals surface area contributed by atoms with E-state index < -0.39 is 0 Å². The molecule has 2 aliphatic heterocycles. The van der Waals surface area contributed by atoms with Gasteiger partial charge in [-0.3, -0.25) is 19.9 Å². The van der Waals surface area contributed by atoms with Crippen LogP contribution in [0.3, 0.4) is 0 Å². The number of aliphatic hydroxyl groups is 2. The molecule has 0 fully saturated rings. The molecule has 0 radical (unpaired) electrons. The molecular weight excluding hydrogens is 764 g/mol. The minimum absolute atomic E-state index is 0. The van der Waals surface area contributed by atoms with E-state index in [0.29, 0.717) is 0 Å². The van der Waals surface area contributed by atoms with Crippen LogP contribution in [0.5, 0.6) is 0 Å².